The van der Waals surface area contributed by atoms with E-state index in [-0.39, 0.29) is 5.91 Å². The summed E-state index contributed by atoms with van der Waals surface area (Å²) >= 11 is 1.46. The number of anilines is 1. The molecule has 1 atom stereocenters. The van der Waals surface area contributed by atoms with Crippen molar-refractivity contribution < 1.29 is 4.79 Å². The van der Waals surface area contributed by atoms with E-state index < -0.39 is 4.75 Å². The average Bonchev–Trinajstić information content (AvgIpc) is 2.48. The van der Waals surface area contributed by atoms with Gasteiger partial charge in [-0.1, -0.05) is 24.3 Å². The van der Waals surface area contributed by atoms with Crippen molar-refractivity contribution in [2.45, 2.75) is 16.6 Å². The minimum absolute atomic E-state index is 0.349. The van der Waals surface area contributed by atoms with Crippen molar-refractivity contribution in [1.82, 2.24) is 0 Å². The first-order valence-corrected chi connectivity index (χ1v) is 7.48. The van der Waals surface area contributed by atoms with Gasteiger partial charge in [0, 0.05) is 24.7 Å². The van der Waals surface area contributed by atoms with Crippen LogP contribution in [0.4, 0.5) is 5.69 Å². The molecule has 21 heavy (non-hydrogen) atoms. The molecule has 1 radical (unpaired) electrons. The smallest absolute Gasteiger partial charge is 0.238 e. The highest BCUT2D eigenvalue weighted by molar-refractivity contribution is 8.01. The molecule has 0 fully saturated rings. The molecule has 2 aromatic rings. The number of thioether (sulfide) groups is 1. The summed E-state index contributed by atoms with van der Waals surface area (Å²) in [6.07, 6.45) is 0. The number of primary amides is 1. The number of rotatable bonds is 5. The molecule has 0 saturated heterocycles. The molecule has 0 heterocycles. The van der Waals surface area contributed by atoms with Gasteiger partial charge in [-0.3, -0.25) is 4.79 Å². The lowest BCUT2D eigenvalue weighted by Crippen LogP contribution is -2.35. The van der Waals surface area contributed by atoms with Gasteiger partial charge in [-0.25, -0.2) is 0 Å². The predicted octanol–water partition coefficient (Wildman–Crippen LogP) is 3.05. The number of hydrogen-bond acceptors (Lipinski definition) is 3. The molecule has 1 unspecified atom stereocenters. The van der Waals surface area contributed by atoms with Crippen LogP contribution in [0.5, 0.6) is 0 Å². The fraction of sp³-hybridized carbons (Fsp3) is 0.235. The van der Waals surface area contributed by atoms with Crippen LogP contribution in [0.2, 0.25) is 0 Å². The maximum absolute atomic E-state index is 12.0. The first-order valence-electron chi connectivity index (χ1n) is 6.66. The molecule has 0 bridgehead atoms. The highest BCUT2D eigenvalue weighted by Crippen LogP contribution is 2.41. The van der Waals surface area contributed by atoms with Crippen molar-refractivity contribution >= 4 is 23.4 Å². The minimum Gasteiger partial charge on any atom is -0.378 e. The summed E-state index contributed by atoms with van der Waals surface area (Å²) in [5.41, 5.74) is 7.66. The van der Waals surface area contributed by atoms with E-state index in [1.165, 1.54) is 11.8 Å². The molecule has 109 valence electrons. The molecule has 2 aromatic carbocycles. The van der Waals surface area contributed by atoms with Gasteiger partial charge in [-0.05, 0) is 42.8 Å². The topological polar surface area (TPSA) is 46.3 Å². The van der Waals surface area contributed by atoms with E-state index >= 15 is 0 Å². The number of nitrogens with two attached hydrogens (primary N) is 1. The molecule has 0 aliphatic rings. The van der Waals surface area contributed by atoms with Crippen LogP contribution in [-0.2, 0) is 9.54 Å². The molecule has 0 saturated carbocycles. The molecule has 2 rings (SSSR count). The lowest BCUT2D eigenvalue weighted by molar-refractivity contribution is -0.120. The van der Waals surface area contributed by atoms with Crippen LogP contribution in [0.3, 0.4) is 0 Å². The van der Waals surface area contributed by atoms with E-state index in [0.717, 1.165) is 16.1 Å². The van der Waals surface area contributed by atoms with Gasteiger partial charge in [-0.15, -0.1) is 11.8 Å². The Morgan fingerprint density at radius 1 is 1.14 bits per heavy atom. The quantitative estimate of drug-likeness (QED) is 0.863. The Bertz CT molecular complexity index is 610. The number of carbonyl (C=O) groups excluding carboxylic acids is 1. The Labute approximate surface area is 130 Å². The third-order valence-electron chi connectivity index (χ3n) is 3.41. The lowest BCUT2D eigenvalue weighted by atomic mass is 9.99. The normalized spacial score (nSPS) is 13.5. The number of nitrogens with zero attached hydrogens (tertiary/aromatic N) is 1. The van der Waals surface area contributed by atoms with E-state index in [9.17, 15) is 4.79 Å². The van der Waals surface area contributed by atoms with Crippen LogP contribution in [-0.4, -0.2) is 20.0 Å². The summed E-state index contributed by atoms with van der Waals surface area (Å²) in [4.78, 5) is 15.0. The molecular formula is C17H19N2OS. The van der Waals surface area contributed by atoms with Crippen LogP contribution in [0.15, 0.2) is 53.4 Å². The Morgan fingerprint density at radius 2 is 1.71 bits per heavy atom. The van der Waals surface area contributed by atoms with Crippen molar-refractivity contribution in [2.24, 2.45) is 5.73 Å². The molecule has 0 aliphatic carbocycles. The molecular weight excluding hydrogens is 280 g/mol. The largest absolute Gasteiger partial charge is 0.378 e. The Hall–Kier alpha value is -1.94. The SMILES string of the molecule is CN(C)c1ccc(C(C)(Sc2cc[c]cc2)C(N)=O)cc1. The van der Waals surface area contributed by atoms with Gasteiger partial charge in [0.2, 0.25) is 5.91 Å². The molecule has 0 spiro atoms. The van der Waals surface area contributed by atoms with Crippen molar-refractivity contribution in [3.8, 4) is 0 Å². The standard InChI is InChI=1S/C17H19N2OS/c1-17(16(18)20,21-15-7-5-4-6-8-15)13-9-11-14(12-10-13)19(2)3/h5-12H,1-3H3,(H2,18,20). The second-order valence-corrected chi connectivity index (χ2v) is 6.67. The van der Waals surface area contributed by atoms with E-state index in [1.807, 2.05) is 74.4 Å². The molecule has 3 nitrogen and oxygen atoms in total. The van der Waals surface area contributed by atoms with Crippen molar-refractivity contribution in [2.75, 3.05) is 19.0 Å². The zero-order valence-corrected chi connectivity index (χ0v) is 13.3. The zero-order chi connectivity index (χ0) is 15.5. The molecule has 4 heteroatoms. The van der Waals surface area contributed by atoms with Gasteiger partial charge in [0.1, 0.15) is 4.75 Å². The average molecular weight is 299 g/mol. The highest BCUT2D eigenvalue weighted by atomic mass is 32.2. The number of benzene rings is 2. The van der Waals surface area contributed by atoms with Gasteiger partial charge >= 0.3 is 0 Å². The highest BCUT2D eigenvalue weighted by Gasteiger charge is 2.34. The Morgan fingerprint density at radius 3 is 2.19 bits per heavy atom. The Kier molecular flexibility index (Phi) is 4.58. The molecule has 0 aliphatic heterocycles. The monoisotopic (exact) mass is 299 g/mol. The lowest BCUT2D eigenvalue weighted by Gasteiger charge is -2.26. The van der Waals surface area contributed by atoms with Crippen LogP contribution in [0.1, 0.15) is 12.5 Å². The fourth-order valence-corrected chi connectivity index (χ4v) is 3.10. The molecule has 0 aromatic heterocycles. The van der Waals surface area contributed by atoms with Crippen molar-refractivity contribution in [3.63, 3.8) is 0 Å². The third-order valence-corrected chi connectivity index (χ3v) is 4.77. The summed E-state index contributed by atoms with van der Waals surface area (Å²) in [5.74, 6) is -0.349. The number of amides is 1. The van der Waals surface area contributed by atoms with Gasteiger partial charge in [0.15, 0.2) is 0 Å². The third kappa shape index (κ3) is 3.39. The number of hydrogen-bond donors (Lipinski definition) is 1. The first kappa shape index (κ1) is 15.4. The van der Waals surface area contributed by atoms with E-state index in [2.05, 4.69) is 6.07 Å². The van der Waals surface area contributed by atoms with Gasteiger partial charge < -0.3 is 10.6 Å². The van der Waals surface area contributed by atoms with E-state index in [1.54, 1.807) is 0 Å². The second-order valence-electron chi connectivity index (χ2n) is 5.18. The van der Waals surface area contributed by atoms with Gasteiger partial charge in [-0.2, -0.15) is 0 Å². The van der Waals surface area contributed by atoms with Gasteiger partial charge in [0.25, 0.3) is 0 Å². The summed E-state index contributed by atoms with van der Waals surface area (Å²) < 4.78 is -0.799. The zero-order valence-electron chi connectivity index (χ0n) is 12.5. The molecule has 1 amide bonds. The maximum atomic E-state index is 12.0. The van der Waals surface area contributed by atoms with Crippen LogP contribution >= 0.6 is 11.8 Å². The van der Waals surface area contributed by atoms with Crippen LogP contribution in [0.25, 0.3) is 0 Å². The Balaban J connectivity index is 2.35. The van der Waals surface area contributed by atoms with E-state index in [4.69, 9.17) is 5.73 Å². The summed E-state index contributed by atoms with van der Waals surface area (Å²) in [7, 11) is 3.97. The predicted molar refractivity (Wildman–Crippen MR) is 88.5 cm³/mol. The van der Waals surface area contributed by atoms with Crippen molar-refractivity contribution in [3.05, 3.63) is 60.2 Å². The van der Waals surface area contributed by atoms with E-state index in [0.29, 0.717) is 0 Å². The van der Waals surface area contributed by atoms with Crippen LogP contribution in [0, 0.1) is 6.07 Å². The van der Waals surface area contributed by atoms with Crippen LogP contribution < -0.4 is 10.6 Å². The first-order chi connectivity index (χ1) is 9.93. The second kappa shape index (κ2) is 6.22. The summed E-state index contributed by atoms with van der Waals surface area (Å²) in [6, 6.07) is 18.4. The summed E-state index contributed by atoms with van der Waals surface area (Å²) in [6.45, 7) is 1.86. The fourth-order valence-electron chi connectivity index (χ4n) is 2.00. The van der Waals surface area contributed by atoms with Crippen molar-refractivity contribution in [1.29, 1.82) is 0 Å². The van der Waals surface area contributed by atoms with Gasteiger partial charge in [0.05, 0.1) is 0 Å². The number of carbonyl (C=O) groups is 1. The minimum atomic E-state index is -0.799. The summed E-state index contributed by atoms with van der Waals surface area (Å²) in [5, 5.41) is 0. The molecule has 2 N–H and O–H groups in total. The maximum Gasteiger partial charge on any atom is 0.238 e.